The molecule has 0 fully saturated rings. The molecule has 1 N–H and O–H groups in total. The van der Waals surface area contributed by atoms with Crippen molar-refractivity contribution in [2.75, 3.05) is 5.32 Å². The highest BCUT2D eigenvalue weighted by Crippen LogP contribution is 2.33. The van der Waals surface area contributed by atoms with Crippen molar-refractivity contribution in [3.8, 4) is 0 Å². The molecule has 0 aliphatic carbocycles. The number of nitrogens with one attached hydrogen (secondary N) is 1. The molecule has 2 aromatic carbocycles. The SMILES string of the molecule is Cc1ccc2nc(Nc3nc4c(Cl)cccc4s3)oc2c1C. The van der Waals surface area contributed by atoms with Gasteiger partial charge in [-0.2, -0.15) is 4.98 Å². The number of thiazole rings is 1. The molecule has 0 aliphatic heterocycles. The quantitative estimate of drug-likeness (QED) is 0.531. The summed E-state index contributed by atoms with van der Waals surface area (Å²) in [6.07, 6.45) is 0. The number of halogens is 1. The maximum Gasteiger partial charge on any atom is 0.302 e. The van der Waals surface area contributed by atoms with Crippen molar-refractivity contribution in [2.24, 2.45) is 0 Å². The van der Waals surface area contributed by atoms with Crippen LogP contribution in [0.4, 0.5) is 11.1 Å². The van der Waals surface area contributed by atoms with Crippen LogP contribution in [0, 0.1) is 13.8 Å². The van der Waals surface area contributed by atoms with E-state index in [2.05, 4.69) is 22.2 Å². The summed E-state index contributed by atoms with van der Waals surface area (Å²) >= 11 is 7.67. The molecule has 0 saturated heterocycles. The lowest BCUT2D eigenvalue weighted by Crippen LogP contribution is -1.88. The molecule has 4 nitrogen and oxygen atoms in total. The number of nitrogens with zero attached hydrogens (tertiary/aromatic N) is 2. The first-order chi connectivity index (χ1) is 10.6. The fraction of sp³-hybridized carbons (Fsp3) is 0.125. The third kappa shape index (κ3) is 2.14. The Labute approximate surface area is 135 Å². The zero-order valence-corrected chi connectivity index (χ0v) is 13.5. The predicted molar refractivity (Wildman–Crippen MR) is 91.4 cm³/mol. The summed E-state index contributed by atoms with van der Waals surface area (Å²) in [7, 11) is 0. The van der Waals surface area contributed by atoms with Crippen molar-refractivity contribution in [1.29, 1.82) is 0 Å². The highest BCUT2D eigenvalue weighted by atomic mass is 35.5. The molecule has 4 aromatic rings. The lowest BCUT2D eigenvalue weighted by atomic mass is 10.1. The number of hydrogen-bond acceptors (Lipinski definition) is 5. The zero-order valence-electron chi connectivity index (χ0n) is 12.0. The van der Waals surface area contributed by atoms with Crippen molar-refractivity contribution in [2.45, 2.75) is 13.8 Å². The van der Waals surface area contributed by atoms with Gasteiger partial charge < -0.3 is 4.42 Å². The number of anilines is 2. The molecule has 0 aliphatic rings. The molecule has 2 heterocycles. The molecule has 22 heavy (non-hydrogen) atoms. The maximum atomic E-state index is 6.15. The van der Waals surface area contributed by atoms with Crippen LogP contribution in [0.15, 0.2) is 34.7 Å². The van der Waals surface area contributed by atoms with Crippen LogP contribution < -0.4 is 5.32 Å². The minimum absolute atomic E-state index is 0.443. The Kier molecular flexibility index (Phi) is 3.06. The molecular weight excluding hydrogens is 318 g/mol. The molecule has 0 bridgehead atoms. The van der Waals surface area contributed by atoms with E-state index in [1.807, 2.05) is 37.3 Å². The molecule has 0 unspecified atom stereocenters. The Bertz CT molecular complexity index is 1010. The van der Waals surface area contributed by atoms with Gasteiger partial charge >= 0.3 is 6.01 Å². The molecule has 0 atom stereocenters. The highest BCUT2D eigenvalue weighted by molar-refractivity contribution is 7.22. The highest BCUT2D eigenvalue weighted by Gasteiger charge is 2.12. The average molecular weight is 330 g/mol. The largest absolute Gasteiger partial charge is 0.423 e. The third-order valence-electron chi connectivity index (χ3n) is 3.66. The maximum absolute atomic E-state index is 6.15. The third-order valence-corrected chi connectivity index (χ3v) is 4.90. The topological polar surface area (TPSA) is 51.0 Å². The van der Waals surface area contributed by atoms with Crippen molar-refractivity contribution < 1.29 is 4.42 Å². The second-order valence-electron chi connectivity index (χ2n) is 5.11. The first kappa shape index (κ1) is 13.5. The number of hydrogen-bond donors (Lipinski definition) is 1. The number of aryl methyl sites for hydroxylation is 2. The number of benzene rings is 2. The summed E-state index contributed by atoms with van der Waals surface area (Å²) in [5, 5.41) is 4.48. The van der Waals surface area contributed by atoms with Crippen LogP contribution in [-0.2, 0) is 0 Å². The van der Waals surface area contributed by atoms with Crippen LogP contribution in [0.2, 0.25) is 5.02 Å². The van der Waals surface area contributed by atoms with Gasteiger partial charge in [0.05, 0.1) is 9.72 Å². The van der Waals surface area contributed by atoms with E-state index in [0.29, 0.717) is 16.2 Å². The second kappa shape index (κ2) is 4.97. The van der Waals surface area contributed by atoms with E-state index in [9.17, 15) is 0 Å². The zero-order chi connectivity index (χ0) is 15.3. The number of oxazole rings is 1. The van der Waals surface area contributed by atoms with Crippen molar-refractivity contribution >= 4 is 55.4 Å². The monoisotopic (exact) mass is 329 g/mol. The standard InChI is InChI=1S/C16H12ClN3OS/c1-8-6-7-11-14(9(8)2)21-15(18-11)20-16-19-13-10(17)4-3-5-12(13)22-16/h3-7H,1-2H3,(H,18,19,20). The van der Waals surface area contributed by atoms with Gasteiger partial charge in [0.2, 0.25) is 0 Å². The van der Waals surface area contributed by atoms with Crippen molar-refractivity contribution in [1.82, 2.24) is 9.97 Å². The fourth-order valence-electron chi connectivity index (χ4n) is 2.33. The summed E-state index contributed by atoms with van der Waals surface area (Å²) < 4.78 is 6.85. The van der Waals surface area contributed by atoms with Crippen LogP contribution in [0.25, 0.3) is 21.3 Å². The van der Waals surface area contributed by atoms with Gasteiger partial charge in [-0.1, -0.05) is 35.1 Å². The Morgan fingerprint density at radius 2 is 2.00 bits per heavy atom. The number of para-hydroxylation sites is 1. The molecular formula is C16H12ClN3OS. The molecule has 2 aromatic heterocycles. The Morgan fingerprint density at radius 3 is 2.82 bits per heavy atom. The summed E-state index contributed by atoms with van der Waals surface area (Å²) in [6, 6.07) is 10.2. The van der Waals surface area contributed by atoms with Gasteiger partial charge in [0.25, 0.3) is 0 Å². The molecule has 6 heteroatoms. The van der Waals surface area contributed by atoms with Gasteiger partial charge in [-0.25, -0.2) is 4.98 Å². The fourth-order valence-corrected chi connectivity index (χ4v) is 3.49. The number of fused-ring (bicyclic) bond motifs is 2. The molecule has 0 spiro atoms. The van der Waals surface area contributed by atoms with E-state index in [1.165, 1.54) is 16.9 Å². The van der Waals surface area contributed by atoms with Crippen molar-refractivity contribution in [3.05, 3.63) is 46.5 Å². The summed E-state index contributed by atoms with van der Waals surface area (Å²) in [6.45, 7) is 4.09. The van der Waals surface area contributed by atoms with Crippen LogP contribution in [0.3, 0.4) is 0 Å². The molecule has 0 saturated carbocycles. The normalized spacial score (nSPS) is 11.4. The van der Waals surface area contributed by atoms with E-state index >= 15 is 0 Å². The van der Waals surface area contributed by atoms with Gasteiger partial charge in [0, 0.05) is 0 Å². The number of rotatable bonds is 2. The first-order valence-electron chi connectivity index (χ1n) is 6.80. The van der Waals surface area contributed by atoms with Crippen LogP contribution >= 0.6 is 22.9 Å². The smallest absolute Gasteiger partial charge is 0.302 e. The second-order valence-corrected chi connectivity index (χ2v) is 6.54. The summed E-state index contributed by atoms with van der Waals surface area (Å²) in [5.41, 5.74) is 4.72. The Hall–Kier alpha value is -2.11. The van der Waals surface area contributed by atoms with Gasteiger partial charge in [0.1, 0.15) is 11.0 Å². The predicted octanol–water partition coefficient (Wildman–Crippen LogP) is 5.45. The van der Waals surface area contributed by atoms with E-state index < -0.39 is 0 Å². The lowest BCUT2D eigenvalue weighted by molar-refractivity contribution is 0.620. The van der Waals surface area contributed by atoms with Gasteiger partial charge in [-0.15, -0.1) is 0 Å². The van der Waals surface area contributed by atoms with Crippen molar-refractivity contribution in [3.63, 3.8) is 0 Å². The lowest BCUT2D eigenvalue weighted by Gasteiger charge is -1.97. The van der Waals surface area contributed by atoms with E-state index in [1.54, 1.807) is 0 Å². The molecule has 4 rings (SSSR count). The van der Waals surface area contributed by atoms with E-state index in [0.717, 1.165) is 26.9 Å². The number of aromatic nitrogens is 2. The summed E-state index contributed by atoms with van der Waals surface area (Å²) in [4.78, 5) is 8.95. The molecule has 0 radical (unpaired) electrons. The average Bonchev–Trinajstić information content (AvgIpc) is 3.08. The Balaban J connectivity index is 1.76. The molecule has 0 amide bonds. The van der Waals surface area contributed by atoms with Gasteiger partial charge in [-0.05, 0) is 43.2 Å². The van der Waals surface area contributed by atoms with Gasteiger partial charge in [0.15, 0.2) is 10.7 Å². The minimum atomic E-state index is 0.443. The van der Waals surface area contributed by atoms with Crippen LogP contribution in [0.1, 0.15) is 11.1 Å². The van der Waals surface area contributed by atoms with Gasteiger partial charge in [-0.3, -0.25) is 5.32 Å². The molecule has 110 valence electrons. The Morgan fingerprint density at radius 1 is 1.14 bits per heavy atom. The van der Waals surface area contributed by atoms with Crippen LogP contribution in [0.5, 0.6) is 0 Å². The summed E-state index contributed by atoms with van der Waals surface area (Å²) in [5.74, 6) is 0. The van der Waals surface area contributed by atoms with Crippen LogP contribution in [-0.4, -0.2) is 9.97 Å². The van der Waals surface area contributed by atoms with E-state index in [4.69, 9.17) is 16.0 Å². The van der Waals surface area contributed by atoms with E-state index in [-0.39, 0.29) is 0 Å². The minimum Gasteiger partial charge on any atom is -0.423 e. The first-order valence-corrected chi connectivity index (χ1v) is 8.00.